The molecule has 3 fully saturated rings. The van der Waals surface area contributed by atoms with Gasteiger partial charge in [-0.25, -0.2) is 56.2 Å². The first-order valence-electron chi connectivity index (χ1n) is 22.2. The molecule has 0 unspecified atom stereocenters. The second kappa shape index (κ2) is 20.5. The number of carbonyl (C=O) groups is 2. The Morgan fingerprint density at radius 2 is 0.900 bits per heavy atom. The van der Waals surface area contributed by atoms with E-state index in [1.165, 1.54) is 30.5 Å². The molecule has 0 bridgehead atoms. The van der Waals surface area contributed by atoms with Gasteiger partial charge in [-0.1, -0.05) is 0 Å². The van der Waals surface area contributed by atoms with E-state index in [1.54, 1.807) is 47.0 Å². The molecular formula is C51H50F6N6O7. The lowest BCUT2D eigenvalue weighted by Gasteiger charge is -2.19. The Labute approximate surface area is 399 Å². The molecule has 9 rings (SSSR count). The Bertz CT molecular complexity index is 2870. The zero-order valence-electron chi connectivity index (χ0n) is 39.1. The van der Waals surface area contributed by atoms with Crippen LogP contribution >= 0.6 is 0 Å². The zero-order chi connectivity index (χ0) is 50.7. The van der Waals surface area contributed by atoms with E-state index in [2.05, 4.69) is 29.9 Å². The first-order valence-corrected chi connectivity index (χ1v) is 22.2. The third kappa shape index (κ3) is 11.4. The molecule has 368 valence electrons. The third-order valence-electron chi connectivity index (χ3n) is 13.1. The fourth-order valence-electron chi connectivity index (χ4n) is 8.80. The topological polar surface area (TPSA) is 180 Å². The summed E-state index contributed by atoms with van der Waals surface area (Å²) in [5.41, 5.74) is 1.04. The fraction of sp³-hybridized carbons (Fsp3) is 0.373. The molecule has 70 heavy (non-hydrogen) atoms. The number of benzene rings is 3. The van der Waals surface area contributed by atoms with Gasteiger partial charge in [-0.3, -0.25) is 4.79 Å². The third-order valence-corrected chi connectivity index (χ3v) is 13.1. The molecule has 0 spiro atoms. The number of aldehydes is 1. The first kappa shape index (κ1) is 50.8. The number of halogens is 6. The Balaban J connectivity index is 0.000000155. The van der Waals surface area contributed by atoms with Crippen molar-refractivity contribution in [1.82, 2.24) is 29.9 Å². The molecule has 6 aromatic rings. The number of aryl methyl sites for hydroxylation is 6. The number of nitrogens with zero attached hydrogens (tertiary/aromatic N) is 6. The van der Waals surface area contributed by atoms with Crippen LogP contribution in [0.15, 0.2) is 73.2 Å². The SMILES string of the molecule is Cc1ncc(OC[C@@]2(c3cc(F)cc(F)c3)C[C@H]2C(=O)O)c(C)n1.Cc1ncc(OC[C@@]2(c3cc(F)cc(F)c3)C[C@H]2C=O)c(C)n1.Cc1ncc(OC[C@@]2(c3cc(F)cc(F)c3)C[C@H]2CO)c(C)n1. The Kier molecular flexibility index (Phi) is 14.9. The van der Waals surface area contributed by atoms with Crippen molar-refractivity contribution in [1.29, 1.82) is 0 Å². The minimum atomic E-state index is -1.01. The summed E-state index contributed by atoms with van der Waals surface area (Å²) in [6, 6.07) is 9.86. The lowest BCUT2D eigenvalue weighted by atomic mass is 9.93. The minimum absolute atomic E-state index is 0.0138. The molecule has 3 aromatic carbocycles. The summed E-state index contributed by atoms with van der Waals surface area (Å²) in [6.07, 6.45) is 6.87. The summed E-state index contributed by atoms with van der Waals surface area (Å²) < 4.78 is 98.4. The molecule has 0 amide bonds. The number of carboxylic acid groups (broad SMARTS) is 1. The van der Waals surface area contributed by atoms with E-state index < -0.39 is 63.0 Å². The van der Waals surface area contributed by atoms with Crippen LogP contribution < -0.4 is 14.2 Å². The number of aliphatic carboxylic acids is 1. The van der Waals surface area contributed by atoms with Crippen molar-refractivity contribution in [2.45, 2.75) is 77.0 Å². The lowest BCUT2D eigenvalue weighted by Crippen LogP contribution is -2.24. The van der Waals surface area contributed by atoms with Crippen molar-refractivity contribution in [2.24, 2.45) is 17.8 Å². The number of carbonyl (C=O) groups excluding carboxylic acids is 1. The van der Waals surface area contributed by atoms with Gasteiger partial charge in [-0.15, -0.1) is 0 Å². The molecule has 3 aliphatic carbocycles. The van der Waals surface area contributed by atoms with Gasteiger partial charge in [-0.2, -0.15) is 0 Å². The summed E-state index contributed by atoms with van der Waals surface area (Å²) in [6.45, 7) is 11.0. The number of hydrogen-bond donors (Lipinski definition) is 2. The van der Waals surface area contributed by atoms with Crippen LogP contribution in [0.1, 0.15) is 70.5 Å². The Hall–Kier alpha value is -7.02. The molecule has 0 radical (unpaired) electrons. The molecule has 0 aliphatic heterocycles. The minimum Gasteiger partial charge on any atom is -0.489 e. The van der Waals surface area contributed by atoms with Crippen LogP contribution in [0, 0.1) is 94.2 Å². The predicted octanol–water partition coefficient (Wildman–Crippen LogP) is 8.40. The number of carboxylic acids is 1. The van der Waals surface area contributed by atoms with Gasteiger partial charge in [0.2, 0.25) is 0 Å². The maximum absolute atomic E-state index is 13.5. The normalized spacial score (nSPS) is 22.6. The van der Waals surface area contributed by atoms with Crippen molar-refractivity contribution in [3.63, 3.8) is 0 Å². The molecule has 3 heterocycles. The van der Waals surface area contributed by atoms with E-state index in [-0.39, 0.29) is 50.2 Å². The van der Waals surface area contributed by atoms with Crippen molar-refractivity contribution in [2.75, 3.05) is 26.4 Å². The summed E-state index contributed by atoms with van der Waals surface area (Å²) in [5.74, 6) is -2.86. The van der Waals surface area contributed by atoms with E-state index >= 15 is 0 Å². The van der Waals surface area contributed by atoms with Crippen LogP contribution in [0.4, 0.5) is 26.3 Å². The highest BCUT2D eigenvalue weighted by Gasteiger charge is 2.61. The van der Waals surface area contributed by atoms with E-state index in [0.29, 0.717) is 75.8 Å². The van der Waals surface area contributed by atoms with Gasteiger partial charge in [0.25, 0.3) is 0 Å². The van der Waals surface area contributed by atoms with Crippen molar-refractivity contribution >= 4 is 12.3 Å². The number of rotatable bonds is 15. The second-order valence-corrected chi connectivity index (χ2v) is 18.0. The molecule has 19 heteroatoms. The van der Waals surface area contributed by atoms with Crippen molar-refractivity contribution in [3.8, 4) is 17.2 Å². The number of ether oxygens (including phenoxy) is 3. The highest BCUT2D eigenvalue weighted by molar-refractivity contribution is 5.77. The highest BCUT2D eigenvalue weighted by Crippen LogP contribution is 2.56. The summed E-state index contributed by atoms with van der Waals surface area (Å²) in [4.78, 5) is 47.4. The predicted molar refractivity (Wildman–Crippen MR) is 240 cm³/mol. The van der Waals surface area contributed by atoms with Crippen LogP contribution in [0.2, 0.25) is 0 Å². The van der Waals surface area contributed by atoms with Gasteiger partial charge in [0.1, 0.15) is 58.7 Å². The van der Waals surface area contributed by atoms with Gasteiger partial charge in [-0.05, 0) is 120 Å². The first-order chi connectivity index (χ1) is 33.2. The smallest absolute Gasteiger partial charge is 0.307 e. The fourth-order valence-corrected chi connectivity index (χ4v) is 8.80. The van der Waals surface area contributed by atoms with E-state index in [4.69, 9.17) is 14.2 Å². The number of aliphatic hydroxyl groups excluding tert-OH is 1. The standard InChI is InChI=1S/C17H16F2N2O3.C17H18F2N2O2.C17H16F2N2O2/c1-9-15(7-20-10(2)21-9)24-8-17(6-14(17)16(22)23)11-3-12(18)5-13(19)4-11;2*1-10-16(7-20-11(2)21-10)23-9-17(6-13(17)8-22)12-3-14(18)5-15(19)4-12/h3-5,7,14H,6,8H2,1-2H3,(H,22,23);3-5,7,13,22H,6,8-9H2,1-2H3;3-5,7-8,13H,6,9H2,1-2H3/t14-,17+;2*13-,17+/m000/s1. The average molecular weight is 973 g/mol. The summed E-state index contributed by atoms with van der Waals surface area (Å²) >= 11 is 0. The van der Waals surface area contributed by atoms with E-state index in [0.717, 1.165) is 36.6 Å². The van der Waals surface area contributed by atoms with E-state index in [9.17, 15) is 46.1 Å². The Morgan fingerprint density at radius 3 is 1.20 bits per heavy atom. The summed E-state index contributed by atoms with van der Waals surface area (Å²) in [7, 11) is 0. The zero-order valence-corrected chi connectivity index (χ0v) is 39.1. The van der Waals surface area contributed by atoms with Crippen LogP contribution in [0.25, 0.3) is 0 Å². The van der Waals surface area contributed by atoms with Gasteiger partial charge in [0, 0.05) is 47.0 Å². The lowest BCUT2D eigenvalue weighted by molar-refractivity contribution is -0.139. The molecule has 3 saturated carbocycles. The summed E-state index contributed by atoms with van der Waals surface area (Å²) in [5, 5.41) is 18.8. The quantitative estimate of drug-likeness (QED) is 0.0741. The molecule has 0 saturated heterocycles. The van der Waals surface area contributed by atoms with Gasteiger partial charge in [0.15, 0.2) is 17.2 Å². The van der Waals surface area contributed by atoms with Gasteiger partial charge >= 0.3 is 5.97 Å². The van der Waals surface area contributed by atoms with Gasteiger partial charge in [0.05, 0.1) is 61.4 Å². The maximum Gasteiger partial charge on any atom is 0.307 e. The second-order valence-electron chi connectivity index (χ2n) is 18.0. The van der Waals surface area contributed by atoms with Crippen LogP contribution in [0.5, 0.6) is 17.2 Å². The number of aliphatic hydroxyl groups is 1. The van der Waals surface area contributed by atoms with Crippen LogP contribution in [0.3, 0.4) is 0 Å². The van der Waals surface area contributed by atoms with E-state index in [1.807, 2.05) is 6.92 Å². The van der Waals surface area contributed by atoms with Crippen molar-refractivity contribution in [3.05, 3.63) is 159 Å². The number of aromatic nitrogens is 6. The maximum atomic E-state index is 13.5. The molecule has 3 aliphatic rings. The average Bonchev–Trinajstić information content (AvgIpc) is 4.22. The van der Waals surface area contributed by atoms with Crippen LogP contribution in [-0.4, -0.2) is 78.8 Å². The molecule has 6 atom stereocenters. The Morgan fingerprint density at radius 1 is 0.557 bits per heavy atom. The molecule has 2 N–H and O–H groups in total. The van der Waals surface area contributed by atoms with Crippen LogP contribution in [-0.2, 0) is 25.8 Å². The molecular weight excluding hydrogens is 923 g/mol. The molecule has 3 aromatic heterocycles. The molecule has 13 nitrogen and oxygen atoms in total. The largest absolute Gasteiger partial charge is 0.489 e. The monoisotopic (exact) mass is 972 g/mol. The highest BCUT2D eigenvalue weighted by atomic mass is 19.2. The number of hydrogen-bond acceptors (Lipinski definition) is 12. The van der Waals surface area contributed by atoms with Gasteiger partial charge < -0.3 is 29.2 Å². The van der Waals surface area contributed by atoms with Crippen molar-refractivity contribution < 1.29 is 60.4 Å².